The van der Waals surface area contributed by atoms with E-state index in [1.54, 1.807) is 12.1 Å². The molecule has 1 saturated carbocycles. The van der Waals surface area contributed by atoms with Gasteiger partial charge in [-0.05, 0) is 31.4 Å². The van der Waals surface area contributed by atoms with Gasteiger partial charge in [0, 0.05) is 30.6 Å². The van der Waals surface area contributed by atoms with Crippen LogP contribution in [0, 0.1) is 5.92 Å². The molecule has 0 spiro atoms. The fourth-order valence-electron chi connectivity index (χ4n) is 2.66. The van der Waals surface area contributed by atoms with Gasteiger partial charge in [-0.25, -0.2) is 0 Å². The van der Waals surface area contributed by atoms with Crippen LogP contribution in [0.3, 0.4) is 0 Å². The van der Waals surface area contributed by atoms with Crippen molar-refractivity contribution in [2.24, 2.45) is 11.7 Å². The molecule has 1 aromatic carbocycles. The van der Waals surface area contributed by atoms with Crippen LogP contribution in [0.1, 0.15) is 36.0 Å². The molecule has 2 rings (SSSR count). The molecule has 0 saturated heterocycles. The zero-order valence-electron chi connectivity index (χ0n) is 12.6. The molecule has 1 fully saturated rings. The van der Waals surface area contributed by atoms with E-state index in [0.29, 0.717) is 18.7 Å². The van der Waals surface area contributed by atoms with Crippen molar-refractivity contribution in [2.75, 3.05) is 13.1 Å². The summed E-state index contributed by atoms with van der Waals surface area (Å²) in [5.74, 6) is -0.0396. The topological polar surface area (TPSA) is 84.2 Å². The lowest BCUT2D eigenvalue weighted by Crippen LogP contribution is -2.40. The number of nitrogens with one attached hydrogen (secondary N) is 2. The van der Waals surface area contributed by atoms with Crippen LogP contribution in [-0.4, -0.2) is 30.9 Å². The summed E-state index contributed by atoms with van der Waals surface area (Å²) in [7, 11) is 0. The smallest absolute Gasteiger partial charge is 0.251 e. The summed E-state index contributed by atoms with van der Waals surface area (Å²) in [6.07, 6.45) is 3.71. The molecule has 1 aromatic rings. The maximum absolute atomic E-state index is 12.0. The largest absolute Gasteiger partial charge is 0.354 e. The molecule has 2 unspecified atom stereocenters. The number of rotatable bonds is 5. The predicted molar refractivity (Wildman–Crippen MR) is 89.0 cm³/mol. The van der Waals surface area contributed by atoms with Crippen molar-refractivity contribution in [2.45, 2.75) is 31.7 Å². The molecule has 0 radical (unpaired) electrons. The summed E-state index contributed by atoms with van der Waals surface area (Å²) in [5, 5.41) is 5.66. The molecule has 22 heavy (non-hydrogen) atoms. The molecule has 0 aromatic heterocycles. The Kier molecular flexibility index (Phi) is 7.91. The highest BCUT2D eigenvalue weighted by molar-refractivity contribution is 5.94. The van der Waals surface area contributed by atoms with Crippen LogP contribution in [0.5, 0.6) is 0 Å². The van der Waals surface area contributed by atoms with E-state index in [2.05, 4.69) is 10.6 Å². The van der Waals surface area contributed by atoms with Crippen molar-refractivity contribution in [1.29, 1.82) is 0 Å². The molecule has 1 aliphatic rings. The Morgan fingerprint density at radius 2 is 1.77 bits per heavy atom. The Labute approximate surface area is 137 Å². The number of hydrogen-bond acceptors (Lipinski definition) is 3. The summed E-state index contributed by atoms with van der Waals surface area (Å²) in [6, 6.07) is 9.18. The molecule has 5 nitrogen and oxygen atoms in total. The van der Waals surface area contributed by atoms with Gasteiger partial charge >= 0.3 is 0 Å². The Morgan fingerprint density at radius 3 is 2.45 bits per heavy atom. The second kappa shape index (κ2) is 9.43. The van der Waals surface area contributed by atoms with Gasteiger partial charge in [-0.1, -0.05) is 24.6 Å². The third kappa shape index (κ3) is 5.66. The molecular formula is C16H24ClN3O2. The van der Waals surface area contributed by atoms with Crippen molar-refractivity contribution in [3.63, 3.8) is 0 Å². The second-order valence-corrected chi connectivity index (χ2v) is 5.54. The highest BCUT2D eigenvalue weighted by atomic mass is 35.5. The number of nitrogens with two attached hydrogens (primary N) is 1. The molecule has 4 N–H and O–H groups in total. The molecule has 2 amide bonds. The fourth-order valence-corrected chi connectivity index (χ4v) is 2.66. The normalized spacial score (nSPS) is 20.6. The van der Waals surface area contributed by atoms with E-state index in [0.717, 1.165) is 25.7 Å². The maximum atomic E-state index is 12.0. The standard InChI is InChI=1S/C16H23N3O2.ClH/c17-14-8-4-7-13(11-14)16(21)19-10-9-18-15(20)12-5-2-1-3-6-12;/h1-3,5-6,13-14H,4,7-11,17H2,(H,18,20)(H,19,21);1H. The zero-order chi connectivity index (χ0) is 15.1. The van der Waals surface area contributed by atoms with Crippen LogP contribution in [0.25, 0.3) is 0 Å². The average Bonchev–Trinajstić information content (AvgIpc) is 2.52. The van der Waals surface area contributed by atoms with Crippen LogP contribution in [0.2, 0.25) is 0 Å². The summed E-state index contributed by atoms with van der Waals surface area (Å²) < 4.78 is 0. The van der Waals surface area contributed by atoms with Gasteiger partial charge in [-0.2, -0.15) is 0 Å². The molecular weight excluding hydrogens is 302 g/mol. The number of carbonyl (C=O) groups is 2. The van der Waals surface area contributed by atoms with Crippen molar-refractivity contribution in [1.82, 2.24) is 10.6 Å². The molecule has 0 bridgehead atoms. The van der Waals surface area contributed by atoms with E-state index in [9.17, 15) is 9.59 Å². The van der Waals surface area contributed by atoms with E-state index in [-0.39, 0.29) is 36.2 Å². The van der Waals surface area contributed by atoms with Gasteiger partial charge in [-0.3, -0.25) is 9.59 Å². The van der Waals surface area contributed by atoms with Crippen LogP contribution >= 0.6 is 12.4 Å². The fraction of sp³-hybridized carbons (Fsp3) is 0.500. The highest BCUT2D eigenvalue weighted by Gasteiger charge is 2.24. The SMILES string of the molecule is Cl.NC1CCCC(C(=O)NCCNC(=O)c2ccccc2)C1. The first-order valence-corrected chi connectivity index (χ1v) is 7.53. The van der Waals surface area contributed by atoms with Crippen LogP contribution in [-0.2, 0) is 4.79 Å². The minimum absolute atomic E-state index is 0. The molecule has 2 atom stereocenters. The van der Waals surface area contributed by atoms with Crippen molar-refractivity contribution in [3.8, 4) is 0 Å². The van der Waals surface area contributed by atoms with E-state index in [1.165, 1.54) is 0 Å². The summed E-state index contributed by atoms with van der Waals surface area (Å²) in [6.45, 7) is 0.876. The first-order valence-electron chi connectivity index (χ1n) is 7.53. The number of halogens is 1. The van der Waals surface area contributed by atoms with E-state index < -0.39 is 0 Å². The van der Waals surface area contributed by atoms with Gasteiger partial charge in [0.2, 0.25) is 5.91 Å². The minimum atomic E-state index is -0.121. The third-order valence-corrected chi connectivity index (χ3v) is 3.83. The molecule has 0 heterocycles. The monoisotopic (exact) mass is 325 g/mol. The number of hydrogen-bond donors (Lipinski definition) is 3. The number of amides is 2. The summed E-state index contributed by atoms with van der Waals surface area (Å²) in [5.41, 5.74) is 6.51. The summed E-state index contributed by atoms with van der Waals surface area (Å²) in [4.78, 5) is 23.8. The summed E-state index contributed by atoms with van der Waals surface area (Å²) >= 11 is 0. The second-order valence-electron chi connectivity index (χ2n) is 5.54. The lowest BCUT2D eigenvalue weighted by Gasteiger charge is -2.25. The average molecular weight is 326 g/mol. The van der Waals surface area contributed by atoms with Crippen LogP contribution in [0.4, 0.5) is 0 Å². The van der Waals surface area contributed by atoms with Crippen LogP contribution in [0.15, 0.2) is 30.3 Å². The Morgan fingerprint density at radius 1 is 1.09 bits per heavy atom. The molecule has 1 aliphatic carbocycles. The van der Waals surface area contributed by atoms with Gasteiger partial charge in [0.25, 0.3) is 5.91 Å². The predicted octanol–water partition coefficient (Wildman–Crippen LogP) is 1.47. The van der Waals surface area contributed by atoms with Crippen LogP contribution < -0.4 is 16.4 Å². The van der Waals surface area contributed by atoms with Crippen molar-refractivity contribution >= 4 is 24.2 Å². The van der Waals surface area contributed by atoms with Crippen molar-refractivity contribution in [3.05, 3.63) is 35.9 Å². The minimum Gasteiger partial charge on any atom is -0.354 e. The number of carbonyl (C=O) groups excluding carboxylic acids is 2. The lowest BCUT2D eigenvalue weighted by molar-refractivity contribution is -0.126. The van der Waals surface area contributed by atoms with Gasteiger partial charge in [0.1, 0.15) is 0 Å². The highest BCUT2D eigenvalue weighted by Crippen LogP contribution is 2.22. The zero-order valence-corrected chi connectivity index (χ0v) is 13.4. The van der Waals surface area contributed by atoms with E-state index in [1.807, 2.05) is 18.2 Å². The van der Waals surface area contributed by atoms with Gasteiger partial charge in [-0.15, -0.1) is 12.4 Å². The Bertz CT molecular complexity index is 482. The number of benzene rings is 1. The van der Waals surface area contributed by atoms with E-state index >= 15 is 0 Å². The van der Waals surface area contributed by atoms with Gasteiger partial charge < -0.3 is 16.4 Å². The molecule has 0 aliphatic heterocycles. The third-order valence-electron chi connectivity index (χ3n) is 3.83. The van der Waals surface area contributed by atoms with Gasteiger partial charge in [0.05, 0.1) is 0 Å². The van der Waals surface area contributed by atoms with E-state index in [4.69, 9.17) is 5.73 Å². The first kappa shape index (κ1) is 18.5. The molecule has 6 heteroatoms. The molecule has 122 valence electrons. The van der Waals surface area contributed by atoms with Gasteiger partial charge in [0.15, 0.2) is 0 Å². The quantitative estimate of drug-likeness (QED) is 0.717. The Balaban J connectivity index is 0.00000242. The van der Waals surface area contributed by atoms with Crippen molar-refractivity contribution < 1.29 is 9.59 Å². The maximum Gasteiger partial charge on any atom is 0.251 e. The lowest BCUT2D eigenvalue weighted by atomic mass is 9.85. The Hall–Kier alpha value is -1.59. The first-order chi connectivity index (χ1) is 10.2.